The number of ether oxygens (including phenoxy) is 1. The van der Waals surface area contributed by atoms with Gasteiger partial charge >= 0.3 is 29.6 Å². The van der Waals surface area contributed by atoms with Crippen LogP contribution >= 0.6 is 0 Å². The summed E-state index contributed by atoms with van der Waals surface area (Å²) in [6.07, 6.45) is 0.710. The van der Waals surface area contributed by atoms with Crippen LogP contribution in [0.3, 0.4) is 0 Å². The molecule has 9 heteroatoms. The van der Waals surface area contributed by atoms with Gasteiger partial charge in [-0.25, -0.2) is 8.42 Å². The molecule has 31 heavy (non-hydrogen) atoms. The van der Waals surface area contributed by atoms with Crippen molar-refractivity contribution in [2.45, 2.75) is 40.0 Å². The maximum Gasteiger partial charge on any atom is 1.00 e. The van der Waals surface area contributed by atoms with E-state index < -0.39 is 21.8 Å². The molecule has 164 valence electrons. The van der Waals surface area contributed by atoms with E-state index in [1.165, 1.54) is 0 Å². The van der Waals surface area contributed by atoms with Gasteiger partial charge in [0.05, 0.1) is 15.9 Å². The van der Waals surface area contributed by atoms with E-state index in [0.717, 1.165) is 27.8 Å². The summed E-state index contributed by atoms with van der Waals surface area (Å²) < 4.78 is 37.2. The molecule has 2 aromatic carbocycles. The summed E-state index contributed by atoms with van der Waals surface area (Å²) >= 11 is 0. The van der Waals surface area contributed by atoms with Crippen LogP contribution in [-0.4, -0.2) is 42.9 Å². The number of benzene rings is 2. The number of amides is 1. The molecule has 2 rings (SSSR count). The van der Waals surface area contributed by atoms with Crippen LogP contribution < -0.4 is 39.6 Å². The number of nitrogens with one attached hydrogen (secondary N) is 1. The first-order chi connectivity index (χ1) is 14.0. The van der Waals surface area contributed by atoms with E-state index in [-0.39, 0.29) is 48.6 Å². The van der Waals surface area contributed by atoms with E-state index in [9.17, 15) is 22.9 Å². The van der Waals surface area contributed by atoms with Crippen LogP contribution in [0.15, 0.2) is 30.3 Å². The number of hydrogen-bond donors (Lipinski definition) is 2. The molecule has 0 radical (unpaired) electrons. The predicted octanol–water partition coefficient (Wildman–Crippen LogP) is -0.233. The first-order valence-electron chi connectivity index (χ1n) is 9.71. The first kappa shape index (κ1) is 27.5. The van der Waals surface area contributed by atoms with Crippen molar-refractivity contribution < 1.29 is 57.2 Å². The number of rotatable bonds is 9. The van der Waals surface area contributed by atoms with Crippen LogP contribution in [0.4, 0.5) is 0 Å². The fourth-order valence-electron chi connectivity index (χ4n) is 3.21. The molecule has 0 atom stereocenters. The van der Waals surface area contributed by atoms with Gasteiger partial charge in [0.25, 0.3) is 5.91 Å². The molecule has 0 heterocycles. The van der Waals surface area contributed by atoms with Crippen LogP contribution in [0.1, 0.15) is 47.6 Å². The first-order valence-corrected chi connectivity index (χ1v) is 11.3. The number of hydrogen-bond acceptors (Lipinski definition) is 6. The van der Waals surface area contributed by atoms with Gasteiger partial charge in [0.2, 0.25) is 0 Å². The van der Waals surface area contributed by atoms with Gasteiger partial charge in [-0.1, -0.05) is 26.0 Å². The van der Waals surface area contributed by atoms with Crippen LogP contribution in [0, 0.1) is 13.8 Å². The third kappa shape index (κ3) is 8.82. The monoisotopic (exact) mass is 457 g/mol. The number of phenolic OH excluding ortho intramolecular Hbond substituents is 1. The van der Waals surface area contributed by atoms with Gasteiger partial charge in [-0.15, -0.1) is 0 Å². The van der Waals surface area contributed by atoms with Gasteiger partial charge in [0, 0.05) is 6.54 Å². The Morgan fingerprint density at radius 3 is 2.32 bits per heavy atom. The Morgan fingerprint density at radius 2 is 1.77 bits per heavy atom. The van der Waals surface area contributed by atoms with Gasteiger partial charge < -0.3 is 19.7 Å². The molecule has 0 fully saturated rings. The van der Waals surface area contributed by atoms with Gasteiger partial charge in [0.1, 0.15) is 11.5 Å². The molecule has 0 unspecified atom stereocenters. The summed E-state index contributed by atoms with van der Waals surface area (Å²) in [6.45, 7) is 7.51. The van der Waals surface area contributed by atoms with Crippen molar-refractivity contribution in [3.8, 4) is 11.5 Å². The molecule has 2 aromatic rings. The van der Waals surface area contributed by atoms with Gasteiger partial charge in [0.15, 0.2) is 6.61 Å². The van der Waals surface area contributed by atoms with Crippen molar-refractivity contribution in [2.24, 2.45) is 0 Å². The zero-order valence-corrected chi connectivity index (χ0v) is 21.5. The number of aromatic hydroxyl groups is 1. The minimum atomic E-state index is -4.36. The van der Waals surface area contributed by atoms with Crippen LogP contribution in [0.2, 0.25) is 0 Å². The van der Waals surface area contributed by atoms with Crippen LogP contribution in [0.5, 0.6) is 11.5 Å². The fourth-order valence-corrected chi connectivity index (χ4v) is 3.56. The molecule has 2 N–H and O–H groups in total. The summed E-state index contributed by atoms with van der Waals surface area (Å²) in [5, 5.41) is 12.4. The second kappa shape index (κ2) is 11.9. The Kier molecular flexibility index (Phi) is 10.5. The fraction of sp³-hybridized carbons (Fsp3) is 0.409. The topological polar surface area (TPSA) is 116 Å². The SMILES string of the molecule is Cc1cc(OCC(=O)NCCS(=O)(=O)[O-])cc(C)c1Cc1ccc(O)c(C(C)C)c1.[Na+]. The van der Waals surface area contributed by atoms with Crippen molar-refractivity contribution >= 4 is 16.0 Å². The normalized spacial score (nSPS) is 11.2. The molecule has 0 saturated carbocycles. The number of aryl methyl sites for hydroxylation is 2. The molecular weight excluding hydrogens is 429 g/mol. The Bertz CT molecular complexity index is 998. The summed E-state index contributed by atoms with van der Waals surface area (Å²) in [5.74, 6) is -0.0845. The van der Waals surface area contributed by atoms with E-state index >= 15 is 0 Å². The molecule has 0 aliphatic heterocycles. The Morgan fingerprint density at radius 1 is 1.16 bits per heavy atom. The van der Waals surface area contributed by atoms with Crippen LogP contribution in [0.25, 0.3) is 0 Å². The smallest absolute Gasteiger partial charge is 0.748 e. The average molecular weight is 458 g/mol. The number of carbonyl (C=O) groups excluding carboxylic acids is 1. The van der Waals surface area contributed by atoms with Crippen molar-refractivity contribution in [1.29, 1.82) is 0 Å². The zero-order valence-electron chi connectivity index (χ0n) is 18.7. The zero-order chi connectivity index (χ0) is 22.5. The molecule has 0 spiro atoms. The summed E-state index contributed by atoms with van der Waals surface area (Å²) in [5.41, 5.74) is 5.19. The van der Waals surface area contributed by atoms with Crippen LogP contribution in [-0.2, 0) is 21.3 Å². The molecule has 1 amide bonds. The number of carbonyl (C=O) groups is 1. The third-order valence-corrected chi connectivity index (χ3v) is 5.51. The maximum atomic E-state index is 11.7. The van der Waals surface area contributed by atoms with E-state index in [1.807, 2.05) is 52.0 Å². The molecule has 0 saturated heterocycles. The van der Waals surface area contributed by atoms with Gasteiger partial charge in [-0.3, -0.25) is 4.79 Å². The number of phenols is 1. The van der Waals surface area contributed by atoms with E-state index in [1.54, 1.807) is 6.07 Å². The summed E-state index contributed by atoms with van der Waals surface area (Å²) in [7, 11) is -4.36. The molecule has 0 aliphatic carbocycles. The summed E-state index contributed by atoms with van der Waals surface area (Å²) in [6, 6.07) is 9.36. The average Bonchev–Trinajstić information content (AvgIpc) is 2.63. The van der Waals surface area contributed by atoms with Gasteiger partial charge in [-0.2, -0.15) is 0 Å². The Balaban J connectivity index is 0.00000480. The van der Waals surface area contributed by atoms with Crippen molar-refractivity contribution in [1.82, 2.24) is 5.32 Å². The second-order valence-electron chi connectivity index (χ2n) is 7.66. The van der Waals surface area contributed by atoms with E-state index in [0.29, 0.717) is 17.9 Å². The molecule has 0 aliphatic rings. The van der Waals surface area contributed by atoms with Crippen molar-refractivity contribution in [3.63, 3.8) is 0 Å². The van der Waals surface area contributed by atoms with E-state index in [4.69, 9.17) is 4.74 Å². The molecule has 0 bridgehead atoms. The quantitative estimate of drug-likeness (QED) is 0.397. The van der Waals surface area contributed by atoms with Crippen molar-refractivity contribution in [2.75, 3.05) is 18.9 Å². The predicted molar refractivity (Wildman–Crippen MR) is 114 cm³/mol. The molecular formula is C22H28NNaO6S. The van der Waals surface area contributed by atoms with Crippen molar-refractivity contribution in [3.05, 3.63) is 58.1 Å². The second-order valence-corrected chi connectivity index (χ2v) is 9.18. The molecule has 0 aromatic heterocycles. The largest absolute Gasteiger partial charge is 1.00 e. The molecule has 7 nitrogen and oxygen atoms in total. The van der Waals surface area contributed by atoms with Gasteiger partial charge in [-0.05, 0) is 72.2 Å². The third-order valence-electron chi connectivity index (χ3n) is 4.81. The standard InChI is InChI=1S/C22H29NO6S.Na/c1-14(2)19-11-17(5-6-21(19)24)12-20-15(3)9-18(10-16(20)4)29-13-22(25)23-7-8-30(26,27)28;/h5-6,9-11,14,24H,7-8,12-13H2,1-4H3,(H,23,25)(H,26,27,28);/q;+1/p-1. The minimum Gasteiger partial charge on any atom is -0.748 e. The maximum absolute atomic E-state index is 11.7. The van der Waals surface area contributed by atoms with E-state index in [2.05, 4.69) is 5.32 Å². The summed E-state index contributed by atoms with van der Waals surface area (Å²) in [4.78, 5) is 11.7. The minimum absolute atomic E-state index is 0. The Labute approximate surface area is 206 Å². The Hall–Kier alpha value is -1.58.